The Bertz CT molecular complexity index is 557. The standard InChI is InChI=1S/C14H21ClN2O3S/c1-20-11-3-6-16-7-9-17(10-8-16)21(18,19)14-5-2-4-13(15)12-14/h2,4-5,12H,3,6-11H2,1H3. The van der Waals surface area contributed by atoms with Gasteiger partial charge in [-0.05, 0) is 24.6 Å². The summed E-state index contributed by atoms with van der Waals surface area (Å²) in [4.78, 5) is 2.53. The Hall–Kier alpha value is -0.660. The lowest BCUT2D eigenvalue weighted by molar-refractivity contribution is 0.149. The van der Waals surface area contributed by atoms with Crippen molar-refractivity contribution in [2.24, 2.45) is 0 Å². The van der Waals surface area contributed by atoms with Gasteiger partial charge in [0.2, 0.25) is 10.0 Å². The van der Waals surface area contributed by atoms with E-state index >= 15 is 0 Å². The van der Waals surface area contributed by atoms with E-state index in [1.807, 2.05) is 0 Å². The summed E-state index contributed by atoms with van der Waals surface area (Å²) in [5, 5.41) is 0.439. The minimum absolute atomic E-state index is 0.267. The Kier molecular flexibility index (Phi) is 6.01. The molecule has 0 saturated carbocycles. The fraction of sp³-hybridized carbons (Fsp3) is 0.571. The lowest BCUT2D eigenvalue weighted by atomic mass is 10.3. The number of benzene rings is 1. The topological polar surface area (TPSA) is 49.9 Å². The van der Waals surface area contributed by atoms with Crippen LogP contribution < -0.4 is 0 Å². The van der Waals surface area contributed by atoms with Crippen LogP contribution in [-0.4, -0.2) is 64.1 Å². The minimum Gasteiger partial charge on any atom is -0.385 e. The predicted octanol–water partition coefficient (Wildman–Crippen LogP) is 1.68. The summed E-state index contributed by atoms with van der Waals surface area (Å²) >= 11 is 5.88. The number of ether oxygens (including phenoxy) is 1. The van der Waals surface area contributed by atoms with Gasteiger partial charge in [0.05, 0.1) is 4.90 Å². The zero-order valence-electron chi connectivity index (χ0n) is 12.2. The summed E-state index contributed by atoms with van der Waals surface area (Å²) in [6, 6.07) is 6.43. The molecular weight excluding hydrogens is 312 g/mol. The van der Waals surface area contributed by atoms with Crippen molar-refractivity contribution in [3.05, 3.63) is 29.3 Å². The third-order valence-corrected chi connectivity index (χ3v) is 5.72. The molecule has 1 fully saturated rings. The van der Waals surface area contributed by atoms with Gasteiger partial charge in [-0.25, -0.2) is 8.42 Å². The van der Waals surface area contributed by atoms with Gasteiger partial charge in [-0.15, -0.1) is 0 Å². The van der Waals surface area contributed by atoms with Crippen molar-refractivity contribution >= 4 is 21.6 Å². The van der Waals surface area contributed by atoms with E-state index in [1.54, 1.807) is 25.3 Å². The van der Waals surface area contributed by atoms with E-state index < -0.39 is 10.0 Å². The molecule has 0 radical (unpaired) electrons. The molecule has 5 nitrogen and oxygen atoms in total. The van der Waals surface area contributed by atoms with E-state index in [4.69, 9.17) is 16.3 Å². The highest BCUT2D eigenvalue weighted by atomic mass is 35.5. The van der Waals surface area contributed by atoms with Crippen molar-refractivity contribution in [2.45, 2.75) is 11.3 Å². The van der Waals surface area contributed by atoms with E-state index in [-0.39, 0.29) is 4.90 Å². The van der Waals surface area contributed by atoms with Gasteiger partial charge in [0.1, 0.15) is 0 Å². The molecule has 0 aromatic heterocycles. The average Bonchev–Trinajstić information content (AvgIpc) is 2.48. The van der Waals surface area contributed by atoms with Crippen LogP contribution in [0, 0.1) is 0 Å². The average molecular weight is 333 g/mol. The minimum atomic E-state index is -3.44. The van der Waals surface area contributed by atoms with Crippen LogP contribution in [0.15, 0.2) is 29.2 Å². The second-order valence-corrected chi connectivity index (χ2v) is 7.42. The van der Waals surface area contributed by atoms with Crippen LogP contribution in [0.5, 0.6) is 0 Å². The van der Waals surface area contributed by atoms with Gasteiger partial charge in [0.15, 0.2) is 0 Å². The Labute approximate surface area is 131 Å². The first-order valence-corrected chi connectivity index (χ1v) is 8.83. The van der Waals surface area contributed by atoms with E-state index in [0.29, 0.717) is 18.1 Å². The second kappa shape index (κ2) is 7.56. The molecule has 0 bridgehead atoms. The van der Waals surface area contributed by atoms with Crippen LogP contribution in [0.4, 0.5) is 0 Å². The Morgan fingerprint density at radius 1 is 1.24 bits per heavy atom. The van der Waals surface area contributed by atoms with E-state index in [1.165, 1.54) is 10.4 Å². The fourth-order valence-corrected chi connectivity index (χ4v) is 4.13. The van der Waals surface area contributed by atoms with Crippen LogP contribution in [0.1, 0.15) is 6.42 Å². The Balaban J connectivity index is 1.95. The van der Waals surface area contributed by atoms with E-state index in [2.05, 4.69) is 4.90 Å². The lowest BCUT2D eigenvalue weighted by Crippen LogP contribution is -2.48. The van der Waals surface area contributed by atoms with Crippen molar-refractivity contribution in [3.8, 4) is 0 Å². The number of halogens is 1. The molecule has 0 aliphatic carbocycles. The molecule has 1 aromatic carbocycles. The molecule has 1 aliphatic rings. The summed E-state index contributed by atoms with van der Waals surface area (Å²) in [5.41, 5.74) is 0. The predicted molar refractivity (Wildman–Crippen MR) is 83.1 cm³/mol. The first-order valence-electron chi connectivity index (χ1n) is 7.01. The van der Waals surface area contributed by atoms with Crippen LogP contribution in [-0.2, 0) is 14.8 Å². The molecule has 7 heteroatoms. The SMILES string of the molecule is COCCCN1CCN(S(=O)(=O)c2cccc(Cl)c2)CC1. The molecule has 1 saturated heterocycles. The van der Waals surface area contributed by atoms with E-state index in [0.717, 1.165) is 32.7 Å². The Morgan fingerprint density at radius 2 is 1.95 bits per heavy atom. The van der Waals surface area contributed by atoms with Crippen LogP contribution in [0.25, 0.3) is 0 Å². The smallest absolute Gasteiger partial charge is 0.243 e. The molecule has 2 rings (SSSR count). The monoisotopic (exact) mass is 332 g/mol. The normalized spacial score (nSPS) is 18.0. The maximum atomic E-state index is 12.5. The first-order chi connectivity index (χ1) is 10.0. The van der Waals surface area contributed by atoms with E-state index in [9.17, 15) is 8.42 Å². The van der Waals surface area contributed by atoms with Crippen molar-refractivity contribution in [1.29, 1.82) is 0 Å². The zero-order chi connectivity index (χ0) is 15.3. The molecule has 21 heavy (non-hydrogen) atoms. The summed E-state index contributed by atoms with van der Waals surface area (Å²) in [7, 11) is -1.75. The van der Waals surface area contributed by atoms with Gasteiger partial charge in [0, 0.05) is 51.5 Å². The molecule has 0 atom stereocenters. The van der Waals surface area contributed by atoms with Gasteiger partial charge in [-0.1, -0.05) is 17.7 Å². The third-order valence-electron chi connectivity index (χ3n) is 3.59. The van der Waals surface area contributed by atoms with Crippen molar-refractivity contribution in [1.82, 2.24) is 9.21 Å². The quantitative estimate of drug-likeness (QED) is 0.744. The van der Waals surface area contributed by atoms with Crippen molar-refractivity contribution in [2.75, 3.05) is 46.4 Å². The molecular formula is C14H21ClN2O3S. The molecule has 1 heterocycles. The number of sulfonamides is 1. The summed E-state index contributed by atoms with van der Waals surface area (Å²) in [5.74, 6) is 0. The van der Waals surface area contributed by atoms with Crippen molar-refractivity contribution in [3.63, 3.8) is 0 Å². The highest BCUT2D eigenvalue weighted by molar-refractivity contribution is 7.89. The van der Waals surface area contributed by atoms with Gasteiger partial charge >= 0.3 is 0 Å². The number of hydrogen-bond acceptors (Lipinski definition) is 4. The summed E-state index contributed by atoms with van der Waals surface area (Å²) in [6.45, 7) is 4.22. The van der Waals surface area contributed by atoms with Gasteiger partial charge in [0.25, 0.3) is 0 Å². The number of piperazine rings is 1. The summed E-state index contributed by atoms with van der Waals surface area (Å²) in [6.07, 6.45) is 0.970. The molecule has 1 aliphatic heterocycles. The van der Waals surface area contributed by atoms with Crippen LogP contribution >= 0.6 is 11.6 Å². The Morgan fingerprint density at radius 3 is 2.57 bits per heavy atom. The number of hydrogen-bond donors (Lipinski definition) is 0. The largest absolute Gasteiger partial charge is 0.385 e. The van der Waals surface area contributed by atoms with Crippen molar-refractivity contribution < 1.29 is 13.2 Å². The third kappa shape index (κ3) is 4.40. The van der Waals surface area contributed by atoms with Crippen LogP contribution in [0.2, 0.25) is 5.02 Å². The first kappa shape index (κ1) is 16.7. The van der Waals surface area contributed by atoms with Gasteiger partial charge < -0.3 is 9.64 Å². The molecule has 1 aromatic rings. The number of rotatable bonds is 6. The highest BCUT2D eigenvalue weighted by Gasteiger charge is 2.28. The van der Waals surface area contributed by atoms with Crippen LogP contribution in [0.3, 0.4) is 0 Å². The zero-order valence-corrected chi connectivity index (χ0v) is 13.7. The molecule has 0 spiro atoms. The highest BCUT2D eigenvalue weighted by Crippen LogP contribution is 2.20. The summed E-state index contributed by atoms with van der Waals surface area (Å²) < 4.78 is 31.6. The fourth-order valence-electron chi connectivity index (χ4n) is 2.40. The van der Waals surface area contributed by atoms with Gasteiger partial charge in [-0.2, -0.15) is 4.31 Å². The number of methoxy groups -OCH3 is 1. The maximum Gasteiger partial charge on any atom is 0.243 e. The van der Waals surface area contributed by atoms with Gasteiger partial charge in [-0.3, -0.25) is 0 Å². The second-order valence-electron chi connectivity index (χ2n) is 5.05. The lowest BCUT2D eigenvalue weighted by Gasteiger charge is -2.33. The number of nitrogens with zero attached hydrogens (tertiary/aromatic N) is 2. The molecule has 0 N–H and O–H groups in total. The molecule has 0 amide bonds. The molecule has 0 unspecified atom stereocenters. The molecule has 118 valence electrons. The maximum absolute atomic E-state index is 12.5.